The molecule has 3 aromatic rings. The third-order valence-electron chi connectivity index (χ3n) is 5.16. The van der Waals surface area contributed by atoms with Gasteiger partial charge in [0.05, 0.1) is 11.8 Å². The number of hydrogen-bond donors (Lipinski definition) is 1. The molecule has 1 aliphatic carbocycles. The quantitative estimate of drug-likeness (QED) is 0.536. The van der Waals surface area contributed by atoms with Crippen molar-refractivity contribution in [3.05, 3.63) is 77.6 Å². The topological polar surface area (TPSA) is 59.8 Å². The summed E-state index contributed by atoms with van der Waals surface area (Å²) in [6, 6.07) is 20.4. The first-order valence-electron chi connectivity index (χ1n) is 10.2. The number of benzene rings is 2. The number of hydrogen-bond acceptors (Lipinski definition) is 4. The fourth-order valence-corrected chi connectivity index (χ4v) is 4.32. The van der Waals surface area contributed by atoms with E-state index in [-0.39, 0.29) is 11.9 Å². The molecule has 1 aliphatic rings. The standard InChI is InChI=1S/C23H26N4OS/c1-2-27-22(19-13-14-19)25-26-23(27)29-16-21(28)24-20(18-11-7-4-8-12-18)15-17-9-5-3-6-10-17/h3-12,19-20H,2,13-16H2,1H3,(H,24,28)/t20-/m1/s1. The molecule has 0 aliphatic heterocycles. The molecule has 5 nitrogen and oxygen atoms in total. The highest BCUT2D eigenvalue weighted by Crippen LogP contribution is 2.39. The Hall–Kier alpha value is -2.60. The van der Waals surface area contributed by atoms with Crippen LogP contribution in [0, 0.1) is 0 Å². The molecule has 1 N–H and O–H groups in total. The third kappa shape index (κ3) is 5.07. The van der Waals surface area contributed by atoms with E-state index in [9.17, 15) is 4.79 Å². The zero-order valence-electron chi connectivity index (χ0n) is 16.6. The highest BCUT2D eigenvalue weighted by Gasteiger charge is 2.30. The van der Waals surface area contributed by atoms with Crippen LogP contribution in [0.3, 0.4) is 0 Å². The van der Waals surface area contributed by atoms with E-state index in [1.807, 2.05) is 36.4 Å². The van der Waals surface area contributed by atoms with Crippen molar-refractivity contribution >= 4 is 17.7 Å². The first kappa shape index (κ1) is 19.7. The number of nitrogens with one attached hydrogen (secondary N) is 1. The van der Waals surface area contributed by atoms with Gasteiger partial charge in [0, 0.05) is 12.5 Å². The van der Waals surface area contributed by atoms with E-state index in [4.69, 9.17) is 0 Å². The molecule has 29 heavy (non-hydrogen) atoms. The second-order valence-electron chi connectivity index (χ2n) is 7.37. The Bertz CT molecular complexity index is 938. The molecule has 150 valence electrons. The summed E-state index contributed by atoms with van der Waals surface area (Å²) in [5.74, 6) is 1.97. The van der Waals surface area contributed by atoms with Crippen LogP contribution in [-0.4, -0.2) is 26.4 Å². The van der Waals surface area contributed by atoms with Crippen molar-refractivity contribution in [3.63, 3.8) is 0 Å². The van der Waals surface area contributed by atoms with Crippen LogP contribution in [0.2, 0.25) is 0 Å². The van der Waals surface area contributed by atoms with E-state index >= 15 is 0 Å². The number of amides is 1. The molecule has 1 heterocycles. The van der Waals surface area contributed by atoms with Crippen molar-refractivity contribution in [2.24, 2.45) is 0 Å². The zero-order valence-corrected chi connectivity index (χ0v) is 17.4. The Kier molecular flexibility index (Phi) is 6.30. The van der Waals surface area contributed by atoms with Crippen LogP contribution in [0.15, 0.2) is 65.8 Å². The van der Waals surface area contributed by atoms with Gasteiger partial charge >= 0.3 is 0 Å². The van der Waals surface area contributed by atoms with Crippen LogP contribution in [0.4, 0.5) is 0 Å². The Morgan fingerprint density at radius 2 is 1.79 bits per heavy atom. The highest BCUT2D eigenvalue weighted by atomic mass is 32.2. The molecule has 0 radical (unpaired) electrons. The molecule has 1 saturated carbocycles. The van der Waals surface area contributed by atoms with Gasteiger partial charge in [0.25, 0.3) is 0 Å². The summed E-state index contributed by atoms with van der Waals surface area (Å²) < 4.78 is 2.15. The molecule has 1 atom stereocenters. The van der Waals surface area contributed by atoms with Gasteiger partial charge in [0.15, 0.2) is 5.16 Å². The number of aromatic nitrogens is 3. The van der Waals surface area contributed by atoms with Crippen LogP contribution < -0.4 is 5.32 Å². The highest BCUT2D eigenvalue weighted by molar-refractivity contribution is 7.99. The molecule has 1 aromatic heterocycles. The summed E-state index contributed by atoms with van der Waals surface area (Å²) in [4.78, 5) is 12.8. The maximum Gasteiger partial charge on any atom is 0.230 e. The van der Waals surface area contributed by atoms with Crippen molar-refractivity contribution in [1.82, 2.24) is 20.1 Å². The summed E-state index contributed by atoms with van der Waals surface area (Å²) in [5.41, 5.74) is 2.32. The van der Waals surface area contributed by atoms with Gasteiger partial charge < -0.3 is 9.88 Å². The van der Waals surface area contributed by atoms with Crippen molar-refractivity contribution in [2.75, 3.05) is 5.75 Å². The zero-order chi connectivity index (χ0) is 20.1. The number of thioether (sulfide) groups is 1. The fourth-order valence-electron chi connectivity index (χ4n) is 3.50. The summed E-state index contributed by atoms with van der Waals surface area (Å²) in [5, 5.41) is 12.7. The molecule has 0 spiro atoms. The lowest BCUT2D eigenvalue weighted by Gasteiger charge is -2.19. The van der Waals surface area contributed by atoms with Gasteiger partial charge in [-0.15, -0.1) is 10.2 Å². The van der Waals surface area contributed by atoms with Crippen LogP contribution in [0.1, 0.15) is 48.7 Å². The van der Waals surface area contributed by atoms with Gasteiger partial charge in [0.1, 0.15) is 5.82 Å². The molecule has 4 rings (SSSR count). The van der Waals surface area contributed by atoms with Crippen LogP contribution >= 0.6 is 11.8 Å². The molecule has 2 aromatic carbocycles. The number of carbonyl (C=O) groups excluding carboxylic acids is 1. The normalized spacial score (nSPS) is 14.5. The summed E-state index contributed by atoms with van der Waals surface area (Å²) in [7, 11) is 0. The van der Waals surface area contributed by atoms with Gasteiger partial charge in [-0.1, -0.05) is 72.4 Å². The lowest BCUT2D eigenvalue weighted by atomic mass is 9.99. The largest absolute Gasteiger partial charge is 0.348 e. The molecular formula is C23H26N4OS. The molecule has 0 unspecified atom stereocenters. The minimum atomic E-state index is -0.0576. The van der Waals surface area contributed by atoms with E-state index in [2.05, 4.69) is 51.3 Å². The van der Waals surface area contributed by atoms with Crippen molar-refractivity contribution in [2.45, 2.75) is 49.8 Å². The van der Waals surface area contributed by atoms with E-state index < -0.39 is 0 Å². The first-order valence-corrected chi connectivity index (χ1v) is 11.2. The number of carbonyl (C=O) groups is 1. The van der Waals surface area contributed by atoms with Gasteiger partial charge in [-0.3, -0.25) is 4.79 Å². The number of nitrogens with zero attached hydrogens (tertiary/aromatic N) is 3. The Balaban J connectivity index is 1.41. The van der Waals surface area contributed by atoms with Gasteiger partial charge in [-0.2, -0.15) is 0 Å². The van der Waals surface area contributed by atoms with Crippen molar-refractivity contribution < 1.29 is 4.79 Å². The summed E-state index contributed by atoms with van der Waals surface area (Å²) >= 11 is 1.47. The summed E-state index contributed by atoms with van der Waals surface area (Å²) in [6.07, 6.45) is 3.15. The van der Waals surface area contributed by atoms with E-state index in [1.165, 1.54) is 30.2 Å². The molecular weight excluding hydrogens is 380 g/mol. The average Bonchev–Trinajstić information content (AvgIpc) is 3.52. The smallest absolute Gasteiger partial charge is 0.230 e. The number of rotatable bonds is 9. The third-order valence-corrected chi connectivity index (χ3v) is 6.12. The van der Waals surface area contributed by atoms with Crippen LogP contribution in [0.5, 0.6) is 0 Å². The maximum atomic E-state index is 12.8. The SMILES string of the molecule is CCn1c(SCC(=O)N[C@H](Cc2ccccc2)c2ccccc2)nnc1C1CC1. The van der Waals surface area contributed by atoms with Crippen LogP contribution in [-0.2, 0) is 17.8 Å². The fraction of sp³-hybridized carbons (Fsp3) is 0.348. The van der Waals surface area contributed by atoms with E-state index in [0.29, 0.717) is 11.7 Å². The second kappa shape index (κ2) is 9.27. The Morgan fingerprint density at radius 3 is 2.45 bits per heavy atom. The monoisotopic (exact) mass is 406 g/mol. The minimum absolute atomic E-state index is 0.0124. The van der Waals surface area contributed by atoms with E-state index in [1.54, 1.807) is 0 Å². The molecule has 0 bridgehead atoms. The molecule has 1 amide bonds. The van der Waals surface area contributed by atoms with Crippen molar-refractivity contribution in [1.29, 1.82) is 0 Å². The molecule has 1 fully saturated rings. The molecule has 0 saturated heterocycles. The summed E-state index contributed by atoms with van der Waals surface area (Å²) in [6.45, 7) is 2.94. The lowest BCUT2D eigenvalue weighted by molar-refractivity contribution is -0.119. The molecule has 6 heteroatoms. The maximum absolute atomic E-state index is 12.8. The first-order chi connectivity index (χ1) is 14.2. The van der Waals surface area contributed by atoms with Crippen molar-refractivity contribution in [3.8, 4) is 0 Å². The second-order valence-corrected chi connectivity index (χ2v) is 8.31. The van der Waals surface area contributed by atoms with Gasteiger partial charge in [-0.05, 0) is 37.3 Å². The Labute approximate surface area is 175 Å². The van der Waals surface area contributed by atoms with E-state index in [0.717, 1.165) is 29.5 Å². The Morgan fingerprint density at radius 1 is 1.10 bits per heavy atom. The predicted octanol–water partition coefficient (Wildman–Crippen LogP) is 4.37. The minimum Gasteiger partial charge on any atom is -0.348 e. The lowest BCUT2D eigenvalue weighted by Crippen LogP contribution is -2.31. The van der Waals surface area contributed by atoms with Gasteiger partial charge in [0.2, 0.25) is 5.91 Å². The predicted molar refractivity (Wildman–Crippen MR) is 116 cm³/mol. The van der Waals surface area contributed by atoms with Crippen LogP contribution in [0.25, 0.3) is 0 Å². The average molecular weight is 407 g/mol. The van der Waals surface area contributed by atoms with Gasteiger partial charge in [-0.25, -0.2) is 0 Å².